The molecule has 5 aromatic carbocycles. The molecule has 0 atom stereocenters. The molecule has 0 saturated heterocycles. The van der Waals surface area contributed by atoms with Crippen LogP contribution >= 0.6 is 0 Å². The minimum Gasteiger partial charge on any atom is -0.395 e. The maximum absolute atomic E-state index is 9.62. The minimum atomic E-state index is 0. The quantitative estimate of drug-likeness (QED) is 0.0905. The van der Waals surface area contributed by atoms with E-state index in [1.165, 1.54) is 0 Å². The second-order valence-corrected chi connectivity index (χ2v) is 9.22. The number of rotatable bonds is 8. The minimum absolute atomic E-state index is 0. The third kappa shape index (κ3) is 4.41. The number of anilines is 3. The van der Waals surface area contributed by atoms with Crippen molar-refractivity contribution in [3.63, 3.8) is 0 Å². The molecule has 0 bridgehead atoms. The summed E-state index contributed by atoms with van der Waals surface area (Å²) in [4.78, 5) is 7.15. The Morgan fingerprint density at radius 3 is 2.11 bits per heavy atom. The molecule has 38 heavy (non-hydrogen) atoms. The van der Waals surface area contributed by atoms with Gasteiger partial charge in [-0.1, -0.05) is 60.7 Å². The van der Waals surface area contributed by atoms with Crippen molar-refractivity contribution in [1.29, 1.82) is 0 Å². The Labute approximate surface area is 278 Å². The zero-order valence-electron chi connectivity index (χ0n) is 57.0. The van der Waals surface area contributed by atoms with Crippen LogP contribution in [0.2, 0.25) is 0 Å². The highest BCUT2D eigenvalue weighted by molar-refractivity contribution is 6.11. The molecule has 1 heterocycles. The van der Waals surface area contributed by atoms with Gasteiger partial charge < -0.3 is 20.4 Å². The Morgan fingerprint density at radius 1 is 0.737 bits per heavy atom. The lowest BCUT2D eigenvalue weighted by Crippen LogP contribution is -2.34. The number of para-hydroxylation sites is 2. The van der Waals surface area contributed by atoms with E-state index in [0.717, 1.165) is 55.6 Å². The van der Waals surface area contributed by atoms with Crippen molar-refractivity contribution >= 4 is 49.9 Å². The van der Waals surface area contributed by atoms with Crippen molar-refractivity contribution in [3.8, 4) is 5.69 Å². The summed E-state index contributed by atoms with van der Waals surface area (Å²) in [5.41, 5.74) is 7.69. The number of fused-ring (bicyclic) bond motifs is 4. The van der Waals surface area contributed by atoms with Gasteiger partial charge in [-0.2, -0.15) is 0 Å². The van der Waals surface area contributed by atoms with Gasteiger partial charge in [0.1, 0.15) is 11.0 Å². The number of aliphatic hydroxyl groups is 2. The standard InChI is InChI=1S/C32H28N4O2.19H2/c37-19-17-35(18-20-38)25-15-16-28-30(21-25)36(24-11-5-2-6-12-24)31-22-29(33-23-9-3-1-4-10-23)26-13-7-8-14-27(26)32(31)34-28;;;;;;;;;;;;;;;;;;;/h1-16,21-22,37-38H,17-20H2;19*1H/p+1/i;18*1+2T;1+2. The molecule has 1 aromatic heterocycles. The second-order valence-electron chi connectivity index (χ2n) is 9.22. The number of hydrogen-bond donors (Lipinski definition) is 3. The maximum Gasteiger partial charge on any atom is 0.240 e. The number of aliphatic hydroxyl groups excluding tert-OH is 2. The fraction of sp³-hybridized carbons (Fsp3) is 0.125. The van der Waals surface area contributed by atoms with Crippen LogP contribution in [0.5, 0.6) is 0 Å². The monoisotopic (exact) mass is 614 g/mol. The fourth-order valence-electron chi connectivity index (χ4n) is 5.11. The molecule has 0 radical (unpaired) electrons. The summed E-state index contributed by atoms with van der Waals surface area (Å²) < 4.78 is 182. The van der Waals surface area contributed by atoms with Crippen LogP contribution in [0.3, 0.4) is 0 Å². The number of benzene rings is 5. The first-order valence-corrected chi connectivity index (χ1v) is 12.8. The summed E-state index contributed by atoms with van der Waals surface area (Å²) in [5, 5.41) is 25.0. The largest absolute Gasteiger partial charge is 0.395 e. The first kappa shape index (κ1) is 11.1. The van der Waals surface area contributed by atoms with Crippen molar-refractivity contribution in [2.75, 3.05) is 36.5 Å². The molecule has 6 heteroatoms. The average Bonchev–Trinajstić information content (AvgIpc) is 3.56. The van der Waals surface area contributed by atoms with Crippen LogP contribution < -0.4 is 14.8 Å². The Kier molecular flexibility index (Phi) is 3.05. The highest BCUT2D eigenvalue weighted by Gasteiger charge is 2.23. The average molecular weight is 614 g/mol. The topological polar surface area (TPSA) is 72.5 Å². The smallest absolute Gasteiger partial charge is 0.240 e. The summed E-state index contributed by atoms with van der Waals surface area (Å²) in [6, 6.07) is 37.2. The van der Waals surface area contributed by atoms with Gasteiger partial charge >= 0.3 is 0 Å². The van der Waals surface area contributed by atoms with Gasteiger partial charge in [-0.3, -0.25) is 0 Å². The molecule has 0 amide bonds. The van der Waals surface area contributed by atoms with Crippen LogP contribution in [0.4, 0.5) is 17.1 Å². The van der Waals surface area contributed by atoms with E-state index >= 15 is 0 Å². The number of nitrogens with zero attached hydrogens (tertiary/aromatic N) is 3. The maximum atomic E-state index is 9.62. The van der Waals surface area contributed by atoms with Gasteiger partial charge in [-0.15, -0.1) is 4.57 Å². The van der Waals surface area contributed by atoms with Gasteiger partial charge in [-0.05, 0) is 24.3 Å². The first-order chi connectivity index (χ1) is 36.8. The molecule has 6 aromatic rings. The van der Waals surface area contributed by atoms with E-state index < -0.39 is 0 Å². The third-order valence-electron chi connectivity index (χ3n) is 6.84. The molecule has 0 spiro atoms. The first-order valence-electron chi connectivity index (χ1n) is 30.8. The lowest BCUT2D eigenvalue weighted by atomic mass is 10.0. The van der Waals surface area contributed by atoms with Crippen LogP contribution in [0.1, 0.15) is 54.9 Å². The van der Waals surface area contributed by atoms with Gasteiger partial charge in [0.25, 0.3) is 0 Å². The molecule has 0 saturated carbocycles. The normalized spacial score (nSPS) is 15.1. The van der Waals surface area contributed by atoms with Crippen LogP contribution in [0.25, 0.3) is 38.5 Å². The third-order valence-corrected chi connectivity index (χ3v) is 6.84. The molecular weight excluding hydrogens is 472 g/mol. The van der Waals surface area contributed by atoms with E-state index in [1.807, 2.05) is 53.4 Å². The molecule has 0 fully saturated rings. The van der Waals surface area contributed by atoms with Gasteiger partial charge in [0.15, 0.2) is 0 Å². The Morgan fingerprint density at radius 2 is 1.39 bits per heavy atom. The summed E-state index contributed by atoms with van der Waals surface area (Å²) >= 11 is 0. The SMILES string of the molecule is OCCN(CCO)c1ccc2nc3c4ccccc4c(Nc4ccccc4)cc3[n+](-c3ccccc3)c2c1.[3HH].[3H][3H].[3H][3H].[3H][3H].[3H][3H].[3H][3H].[3H][3H].[3H][3H].[3H][3H].[3H][3H].[3H][3H].[3H][3H].[3H][3H].[3H][3H].[3H][3H].[3H][3H].[3H][3H].[3H][3H].[3H][3H]. The lowest BCUT2D eigenvalue weighted by molar-refractivity contribution is -0.538. The molecule has 0 aliphatic heterocycles. The number of aromatic nitrogens is 2. The molecule has 0 aliphatic carbocycles. The zero-order chi connectivity index (χ0) is 61.9. The van der Waals surface area contributed by atoms with E-state index in [9.17, 15) is 10.2 Å². The summed E-state index contributed by atoms with van der Waals surface area (Å²) in [7, 11) is 0. The van der Waals surface area contributed by atoms with Crippen molar-refractivity contribution < 1.29 is 69.7 Å². The summed E-state index contributed by atoms with van der Waals surface area (Å²) in [6.07, 6.45) is 0. The van der Waals surface area contributed by atoms with Crippen LogP contribution in [0, 0.1) is 0 Å². The number of nitrogens with one attached hydrogen (secondary N) is 1. The molecule has 226 valence electrons. The Hall–Kier alpha value is -4.52. The van der Waals surface area contributed by atoms with E-state index in [2.05, 4.69) is 70.5 Å². The van der Waals surface area contributed by atoms with Crippen LogP contribution in [-0.2, 0) is 0 Å². The molecule has 6 nitrogen and oxygen atoms in total. The van der Waals surface area contributed by atoms with E-state index in [-0.39, 0.29) is 14.6 Å². The van der Waals surface area contributed by atoms with Gasteiger partial charge in [0.05, 0.1) is 18.9 Å². The van der Waals surface area contributed by atoms with Gasteiger partial charge in [0, 0.05) is 114 Å². The van der Waals surface area contributed by atoms with Crippen molar-refractivity contribution in [2.24, 2.45) is 0 Å². The van der Waals surface area contributed by atoms with Gasteiger partial charge in [0.2, 0.25) is 16.7 Å². The van der Waals surface area contributed by atoms with Crippen LogP contribution in [-0.4, -0.2) is 41.5 Å². The second kappa shape index (κ2) is 10.5. The molecule has 3 N–H and O–H groups in total. The predicted octanol–water partition coefficient (Wildman–Crippen LogP) is 10.0. The molecule has 0 unspecified atom stereocenters. The number of hydrogen-bond acceptors (Lipinski definition) is 5. The Balaban J connectivity index is -0.0000000716. The molecule has 6 rings (SSSR count). The predicted molar refractivity (Wildman–Crippen MR) is 195 cm³/mol. The highest BCUT2D eigenvalue weighted by Crippen LogP contribution is 2.33. The Bertz CT molecular complexity index is 1790. The molecule has 0 aliphatic rings. The highest BCUT2D eigenvalue weighted by atomic mass is 16.3. The summed E-state index contributed by atoms with van der Waals surface area (Å²) in [5.74, 6) is 0. The zero-order valence-corrected chi connectivity index (χ0v) is 21.0. The summed E-state index contributed by atoms with van der Waals surface area (Å²) in [6.45, 7) is 0.892. The molecular formula is C32H67N4O2+. The van der Waals surface area contributed by atoms with Crippen molar-refractivity contribution in [3.05, 3.63) is 109 Å². The van der Waals surface area contributed by atoms with E-state index in [0.29, 0.717) is 13.1 Å². The van der Waals surface area contributed by atoms with E-state index in [1.54, 1.807) is 0 Å². The van der Waals surface area contributed by atoms with E-state index in [4.69, 9.17) is 58.4 Å². The van der Waals surface area contributed by atoms with Crippen molar-refractivity contribution in [1.82, 2.24) is 4.98 Å². The van der Waals surface area contributed by atoms with Crippen molar-refractivity contribution in [2.45, 2.75) is 0 Å². The fourth-order valence-corrected chi connectivity index (χ4v) is 5.11. The van der Waals surface area contributed by atoms with Crippen LogP contribution in [0.15, 0.2) is 109 Å². The lowest BCUT2D eigenvalue weighted by Gasteiger charge is -2.22. The van der Waals surface area contributed by atoms with Gasteiger partial charge in [-0.25, -0.2) is 4.98 Å².